The highest BCUT2D eigenvalue weighted by Crippen LogP contribution is 2.24. The Hall–Kier alpha value is -1.07. The first-order chi connectivity index (χ1) is 5.79. The van der Waals surface area contributed by atoms with Crippen LogP contribution in [0, 0.1) is 0 Å². The van der Waals surface area contributed by atoms with Gasteiger partial charge in [-0.1, -0.05) is 12.7 Å². The minimum absolute atomic E-state index is 0.937. The van der Waals surface area contributed by atoms with Crippen molar-refractivity contribution in [1.82, 2.24) is 0 Å². The van der Waals surface area contributed by atoms with Gasteiger partial charge < -0.3 is 4.74 Å². The Morgan fingerprint density at radius 3 is 2.31 bits per heavy atom. The maximum atomic E-state index is 12.2. The third-order valence-electron chi connectivity index (χ3n) is 1.13. The number of ether oxygens (including phenoxy) is 1. The van der Waals surface area contributed by atoms with Crippen molar-refractivity contribution in [3.63, 3.8) is 0 Å². The van der Waals surface area contributed by atoms with Crippen LogP contribution in [0.5, 0.6) is 0 Å². The number of hydrogen-bond acceptors (Lipinski definition) is 2. The van der Waals surface area contributed by atoms with E-state index in [0.29, 0.717) is 0 Å². The number of hydrogen-bond donors (Lipinski definition) is 0. The fourth-order valence-corrected chi connectivity index (χ4v) is 0.425. The molecule has 0 aliphatic heterocycles. The summed E-state index contributed by atoms with van der Waals surface area (Å²) >= 11 is 0. The second-order valence-corrected chi connectivity index (χ2v) is 2.28. The molecule has 0 aromatic carbocycles. The highest BCUT2D eigenvalue weighted by atomic mass is 19.4. The van der Waals surface area contributed by atoms with E-state index in [4.69, 9.17) is 0 Å². The lowest BCUT2D eigenvalue weighted by molar-refractivity contribution is -0.202. The van der Waals surface area contributed by atoms with Crippen molar-refractivity contribution in [2.45, 2.75) is 25.4 Å². The van der Waals surface area contributed by atoms with Crippen LogP contribution in [0.1, 0.15) is 6.92 Å². The van der Waals surface area contributed by atoms with Gasteiger partial charge in [0.15, 0.2) is 0 Å². The summed E-state index contributed by atoms with van der Waals surface area (Å²) in [6.07, 6.45) is -8.65. The molecule has 0 fully saturated rings. The lowest BCUT2D eigenvalue weighted by Gasteiger charge is -2.13. The molecule has 6 heteroatoms. The summed E-state index contributed by atoms with van der Waals surface area (Å²) in [5.74, 6) is -1.94. The van der Waals surface area contributed by atoms with Crippen LogP contribution >= 0.6 is 0 Å². The van der Waals surface area contributed by atoms with Crippen LogP contribution in [-0.2, 0) is 9.53 Å². The van der Waals surface area contributed by atoms with Crippen LogP contribution < -0.4 is 0 Å². The quantitative estimate of drug-likeness (QED) is 0.395. The summed E-state index contributed by atoms with van der Waals surface area (Å²) in [7, 11) is 0. The first-order valence-electron chi connectivity index (χ1n) is 3.33. The second-order valence-electron chi connectivity index (χ2n) is 2.28. The van der Waals surface area contributed by atoms with Crippen molar-refractivity contribution in [2.75, 3.05) is 0 Å². The molecule has 0 heterocycles. The molecule has 0 amide bonds. The molecule has 0 aliphatic carbocycles. The van der Waals surface area contributed by atoms with Gasteiger partial charge in [0.1, 0.15) is 6.10 Å². The first-order valence-corrected chi connectivity index (χ1v) is 3.33. The van der Waals surface area contributed by atoms with Gasteiger partial charge in [-0.3, -0.25) is 0 Å². The summed E-state index contributed by atoms with van der Waals surface area (Å²) in [6, 6.07) is 0. The summed E-state index contributed by atoms with van der Waals surface area (Å²) in [5.41, 5.74) is 0. The molecule has 0 saturated heterocycles. The molecular weight excluding hydrogens is 192 g/mol. The minimum Gasteiger partial charge on any atom is -0.456 e. The van der Waals surface area contributed by atoms with Gasteiger partial charge in [0.25, 0.3) is 6.17 Å². The molecule has 0 N–H and O–H groups in total. The predicted molar refractivity (Wildman–Crippen MR) is 36.7 cm³/mol. The van der Waals surface area contributed by atoms with E-state index in [9.17, 15) is 22.4 Å². The van der Waals surface area contributed by atoms with Gasteiger partial charge in [-0.05, 0) is 6.92 Å². The standard InChI is InChI=1S/C7H8F4O2/c1-3-4(2)13-6(12)5(8)7(9,10)11/h3-5H,1H2,2H3. The monoisotopic (exact) mass is 200 g/mol. The summed E-state index contributed by atoms with van der Waals surface area (Å²) < 4.78 is 50.9. The number of carbonyl (C=O) groups excluding carboxylic acids is 1. The molecule has 0 spiro atoms. The van der Waals surface area contributed by atoms with Gasteiger partial charge in [0.05, 0.1) is 0 Å². The van der Waals surface area contributed by atoms with E-state index in [1.54, 1.807) is 0 Å². The van der Waals surface area contributed by atoms with Crippen LogP contribution in [0.15, 0.2) is 12.7 Å². The average molecular weight is 200 g/mol. The topological polar surface area (TPSA) is 26.3 Å². The Morgan fingerprint density at radius 2 is 2.00 bits per heavy atom. The van der Waals surface area contributed by atoms with Crippen LogP contribution in [0.2, 0.25) is 0 Å². The molecule has 0 aromatic rings. The average Bonchev–Trinajstić information content (AvgIpc) is 2.01. The van der Waals surface area contributed by atoms with Crippen molar-refractivity contribution < 1.29 is 27.1 Å². The van der Waals surface area contributed by atoms with Gasteiger partial charge in [-0.2, -0.15) is 13.2 Å². The smallest absolute Gasteiger partial charge is 0.430 e. The Bertz CT molecular complexity index is 199. The molecular formula is C7H8F4O2. The molecule has 0 bridgehead atoms. The number of halogens is 4. The van der Waals surface area contributed by atoms with Crippen molar-refractivity contribution in [1.29, 1.82) is 0 Å². The van der Waals surface area contributed by atoms with Crippen molar-refractivity contribution in [3.05, 3.63) is 12.7 Å². The molecule has 0 saturated carbocycles. The minimum atomic E-state index is -5.21. The molecule has 13 heavy (non-hydrogen) atoms. The lowest BCUT2D eigenvalue weighted by Crippen LogP contribution is -2.35. The van der Waals surface area contributed by atoms with Crippen LogP contribution in [0.3, 0.4) is 0 Å². The zero-order valence-corrected chi connectivity index (χ0v) is 6.77. The van der Waals surface area contributed by atoms with Crippen LogP contribution in [-0.4, -0.2) is 24.4 Å². The first kappa shape index (κ1) is 11.9. The molecule has 2 atom stereocenters. The van der Waals surface area contributed by atoms with E-state index >= 15 is 0 Å². The van der Waals surface area contributed by atoms with Crippen molar-refractivity contribution >= 4 is 5.97 Å². The van der Waals surface area contributed by atoms with Gasteiger partial charge in [0.2, 0.25) is 0 Å². The Labute approximate surface area is 72.2 Å². The SMILES string of the molecule is C=CC(C)OC(=O)C(F)C(F)(F)F. The third-order valence-corrected chi connectivity index (χ3v) is 1.13. The molecule has 0 radical (unpaired) electrons. The van der Waals surface area contributed by atoms with Crippen molar-refractivity contribution in [3.8, 4) is 0 Å². The molecule has 0 aliphatic rings. The zero-order valence-electron chi connectivity index (χ0n) is 6.77. The van der Waals surface area contributed by atoms with E-state index in [2.05, 4.69) is 11.3 Å². The Kier molecular flexibility index (Phi) is 3.90. The number of alkyl halides is 4. The number of rotatable bonds is 3. The van der Waals surface area contributed by atoms with Gasteiger partial charge in [-0.15, -0.1) is 0 Å². The van der Waals surface area contributed by atoms with E-state index in [1.165, 1.54) is 6.92 Å². The van der Waals surface area contributed by atoms with Gasteiger partial charge in [0, 0.05) is 0 Å². The molecule has 0 rings (SSSR count). The predicted octanol–water partition coefficient (Wildman–Crippen LogP) is 2.00. The Morgan fingerprint density at radius 1 is 1.54 bits per heavy atom. The highest BCUT2D eigenvalue weighted by molar-refractivity contribution is 5.75. The highest BCUT2D eigenvalue weighted by Gasteiger charge is 2.47. The maximum absolute atomic E-state index is 12.2. The summed E-state index contributed by atoms with van der Waals surface area (Å²) in [6.45, 7) is 4.43. The molecule has 76 valence electrons. The second kappa shape index (κ2) is 4.25. The van der Waals surface area contributed by atoms with E-state index < -0.39 is 24.4 Å². The number of esters is 1. The molecule has 2 unspecified atom stereocenters. The van der Waals surface area contributed by atoms with Gasteiger partial charge in [-0.25, -0.2) is 9.18 Å². The lowest BCUT2D eigenvalue weighted by atomic mass is 10.3. The summed E-state index contributed by atoms with van der Waals surface area (Å²) in [5, 5.41) is 0. The summed E-state index contributed by atoms with van der Waals surface area (Å²) in [4.78, 5) is 10.4. The van der Waals surface area contributed by atoms with E-state index in [1.807, 2.05) is 0 Å². The zero-order chi connectivity index (χ0) is 10.6. The van der Waals surface area contributed by atoms with Crippen LogP contribution in [0.25, 0.3) is 0 Å². The van der Waals surface area contributed by atoms with Crippen LogP contribution in [0.4, 0.5) is 17.6 Å². The van der Waals surface area contributed by atoms with Gasteiger partial charge >= 0.3 is 12.1 Å². The molecule has 2 nitrogen and oxygen atoms in total. The van der Waals surface area contributed by atoms with E-state index in [-0.39, 0.29) is 0 Å². The largest absolute Gasteiger partial charge is 0.456 e. The molecule has 0 aromatic heterocycles. The normalized spacial score (nSPS) is 16.1. The Balaban J connectivity index is 4.20. The number of carbonyl (C=O) groups is 1. The third kappa shape index (κ3) is 3.91. The maximum Gasteiger partial charge on any atom is 0.430 e. The van der Waals surface area contributed by atoms with Crippen molar-refractivity contribution in [2.24, 2.45) is 0 Å². The fraction of sp³-hybridized carbons (Fsp3) is 0.571. The fourth-order valence-electron chi connectivity index (χ4n) is 0.425. The van der Waals surface area contributed by atoms with E-state index in [0.717, 1.165) is 6.08 Å².